The lowest BCUT2D eigenvalue weighted by Crippen LogP contribution is -2.24. The minimum atomic E-state index is -0.108. The maximum atomic E-state index is 12.2. The Morgan fingerprint density at radius 3 is 2.29 bits per heavy atom. The van der Waals surface area contributed by atoms with Gasteiger partial charge in [0, 0.05) is 36.8 Å². The molecule has 4 nitrogen and oxygen atoms in total. The van der Waals surface area contributed by atoms with Gasteiger partial charge in [-0.1, -0.05) is 40.2 Å². The average molecular weight is 387 g/mol. The Kier molecular flexibility index (Phi) is 6.32. The quantitative estimate of drug-likeness (QED) is 0.786. The molecule has 1 N–H and O–H groups in total. The van der Waals surface area contributed by atoms with Crippen LogP contribution in [0.2, 0.25) is 0 Å². The van der Waals surface area contributed by atoms with Gasteiger partial charge in [-0.05, 0) is 41.5 Å². The number of carbonyl (C=O) groups excluding carboxylic acids is 2. The van der Waals surface area contributed by atoms with E-state index in [4.69, 9.17) is 0 Å². The molecule has 5 heteroatoms. The monoisotopic (exact) mass is 386 g/mol. The first kappa shape index (κ1) is 17.9. The molecule has 2 amide bonds. The van der Waals surface area contributed by atoms with Gasteiger partial charge < -0.3 is 10.2 Å². The van der Waals surface area contributed by atoms with Crippen LogP contribution in [0.3, 0.4) is 0 Å². The van der Waals surface area contributed by atoms with E-state index in [0.29, 0.717) is 6.54 Å². The summed E-state index contributed by atoms with van der Waals surface area (Å²) in [4.78, 5) is 24.8. The predicted octanol–water partition coefficient (Wildman–Crippen LogP) is 4.08. The lowest BCUT2D eigenvalue weighted by molar-refractivity contribution is -0.125. The smallest absolute Gasteiger partial charge is 0.246 e. The van der Waals surface area contributed by atoms with Crippen LogP contribution < -0.4 is 5.32 Å². The van der Waals surface area contributed by atoms with Crippen LogP contribution in [0.5, 0.6) is 0 Å². The van der Waals surface area contributed by atoms with E-state index < -0.39 is 0 Å². The van der Waals surface area contributed by atoms with Crippen molar-refractivity contribution in [3.63, 3.8) is 0 Å². The van der Waals surface area contributed by atoms with Gasteiger partial charge in [0.15, 0.2) is 0 Å². The second kappa shape index (κ2) is 8.45. The summed E-state index contributed by atoms with van der Waals surface area (Å²) in [5, 5.41) is 2.70. The number of amides is 2. The zero-order chi connectivity index (χ0) is 17.5. The topological polar surface area (TPSA) is 49.4 Å². The normalized spacial score (nSPS) is 10.6. The Hall–Kier alpha value is -2.40. The summed E-state index contributed by atoms with van der Waals surface area (Å²) in [5.41, 5.74) is 2.70. The Morgan fingerprint density at radius 2 is 1.71 bits per heavy atom. The van der Waals surface area contributed by atoms with Crippen molar-refractivity contribution in [3.8, 4) is 0 Å². The summed E-state index contributed by atoms with van der Waals surface area (Å²) in [6.45, 7) is 2.02. The molecule has 0 atom stereocenters. The van der Waals surface area contributed by atoms with Gasteiger partial charge in [0.1, 0.15) is 0 Å². The highest BCUT2D eigenvalue weighted by atomic mass is 79.9. The minimum Gasteiger partial charge on any atom is -0.338 e. The number of hydrogen-bond acceptors (Lipinski definition) is 2. The molecule has 24 heavy (non-hydrogen) atoms. The Morgan fingerprint density at radius 1 is 1.08 bits per heavy atom. The van der Waals surface area contributed by atoms with E-state index in [1.54, 1.807) is 36.2 Å². The molecular formula is C19H19BrN2O2. The van der Waals surface area contributed by atoms with Crippen LogP contribution in [0.15, 0.2) is 59.1 Å². The van der Waals surface area contributed by atoms with E-state index in [-0.39, 0.29) is 11.8 Å². The van der Waals surface area contributed by atoms with Crippen LogP contribution in [-0.4, -0.2) is 23.8 Å². The number of nitrogens with one attached hydrogen (secondary N) is 1. The van der Waals surface area contributed by atoms with Crippen LogP contribution >= 0.6 is 15.9 Å². The molecule has 0 aliphatic rings. The summed E-state index contributed by atoms with van der Waals surface area (Å²) >= 11 is 3.39. The molecule has 0 aliphatic heterocycles. The highest BCUT2D eigenvalue weighted by Gasteiger charge is 2.05. The number of rotatable bonds is 5. The van der Waals surface area contributed by atoms with Crippen molar-refractivity contribution in [1.29, 1.82) is 0 Å². The van der Waals surface area contributed by atoms with Gasteiger partial charge in [-0.3, -0.25) is 9.59 Å². The first-order valence-electron chi connectivity index (χ1n) is 7.49. The zero-order valence-corrected chi connectivity index (χ0v) is 15.2. The molecule has 0 spiro atoms. The van der Waals surface area contributed by atoms with E-state index in [1.807, 2.05) is 36.4 Å². The lowest BCUT2D eigenvalue weighted by atomic mass is 10.2. The van der Waals surface area contributed by atoms with Crippen molar-refractivity contribution in [3.05, 3.63) is 70.2 Å². The zero-order valence-electron chi connectivity index (χ0n) is 13.6. The summed E-state index contributed by atoms with van der Waals surface area (Å²) in [5.74, 6) is -0.174. The highest BCUT2D eigenvalue weighted by Crippen LogP contribution is 2.13. The molecule has 124 valence electrons. The molecule has 0 bridgehead atoms. The van der Waals surface area contributed by atoms with E-state index >= 15 is 0 Å². The van der Waals surface area contributed by atoms with Gasteiger partial charge in [0.05, 0.1) is 0 Å². The molecule has 0 unspecified atom stereocenters. The third-order valence-corrected chi connectivity index (χ3v) is 3.89. The van der Waals surface area contributed by atoms with Gasteiger partial charge >= 0.3 is 0 Å². The first-order chi connectivity index (χ1) is 11.4. The van der Waals surface area contributed by atoms with Crippen LogP contribution in [0.4, 0.5) is 5.69 Å². The fraction of sp³-hybridized carbons (Fsp3) is 0.158. The summed E-state index contributed by atoms with van der Waals surface area (Å²) in [6, 6.07) is 15.2. The number of likely N-dealkylation sites (N-methyl/N-ethyl adjacent to an activating group) is 1. The standard InChI is InChI=1S/C19H19BrN2O2/c1-14(23)21-18-10-5-15(6-11-18)7-12-19(24)22(2)13-16-3-8-17(20)9-4-16/h3-12H,13H2,1-2H3,(H,21,23)/b12-7+. The number of benzene rings is 2. The molecule has 0 aromatic heterocycles. The molecule has 2 rings (SSSR count). The Balaban J connectivity index is 1.93. The Labute approximate surface area is 150 Å². The van der Waals surface area contributed by atoms with Crippen molar-refractivity contribution in [1.82, 2.24) is 4.90 Å². The van der Waals surface area contributed by atoms with Crippen LogP contribution in [0, 0.1) is 0 Å². The van der Waals surface area contributed by atoms with E-state index in [1.165, 1.54) is 6.92 Å². The molecule has 2 aromatic carbocycles. The molecule has 0 saturated carbocycles. The molecule has 0 saturated heterocycles. The Bertz CT molecular complexity index is 737. The van der Waals surface area contributed by atoms with E-state index in [2.05, 4.69) is 21.2 Å². The fourth-order valence-electron chi connectivity index (χ4n) is 2.12. The van der Waals surface area contributed by atoms with Crippen LogP contribution in [-0.2, 0) is 16.1 Å². The average Bonchev–Trinajstić information content (AvgIpc) is 2.55. The van der Waals surface area contributed by atoms with Crippen molar-refractivity contribution < 1.29 is 9.59 Å². The molecule has 0 heterocycles. The largest absolute Gasteiger partial charge is 0.338 e. The van der Waals surface area contributed by atoms with Crippen molar-refractivity contribution in [2.24, 2.45) is 0 Å². The molecule has 0 fully saturated rings. The van der Waals surface area contributed by atoms with E-state index in [0.717, 1.165) is 21.3 Å². The number of anilines is 1. The van der Waals surface area contributed by atoms with Gasteiger partial charge in [0.25, 0.3) is 0 Å². The predicted molar refractivity (Wildman–Crippen MR) is 100 cm³/mol. The molecular weight excluding hydrogens is 368 g/mol. The van der Waals surface area contributed by atoms with Gasteiger partial charge in [-0.25, -0.2) is 0 Å². The third-order valence-electron chi connectivity index (χ3n) is 3.36. The van der Waals surface area contributed by atoms with Gasteiger partial charge in [-0.15, -0.1) is 0 Å². The fourth-order valence-corrected chi connectivity index (χ4v) is 2.38. The van der Waals surface area contributed by atoms with Crippen molar-refractivity contribution in [2.45, 2.75) is 13.5 Å². The number of nitrogens with zero attached hydrogens (tertiary/aromatic N) is 1. The van der Waals surface area contributed by atoms with E-state index in [9.17, 15) is 9.59 Å². The number of hydrogen-bond donors (Lipinski definition) is 1. The number of carbonyl (C=O) groups is 2. The van der Waals surface area contributed by atoms with Crippen molar-refractivity contribution in [2.75, 3.05) is 12.4 Å². The number of halogens is 1. The molecule has 0 radical (unpaired) electrons. The van der Waals surface area contributed by atoms with Gasteiger partial charge in [-0.2, -0.15) is 0 Å². The third kappa shape index (κ3) is 5.66. The summed E-state index contributed by atoms with van der Waals surface area (Å²) in [6.07, 6.45) is 3.31. The lowest BCUT2D eigenvalue weighted by Gasteiger charge is -2.15. The second-order valence-electron chi connectivity index (χ2n) is 5.46. The second-order valence-corrected chi connectivity index (χ2v) is 6.37. The first-order valence-corrected chi connectivity index (χ1v) is 8.28. The van der Waals surface area contributed by atoms with Crippen LogP contribution in [0.1, 0.15) is 18.1 Å². The van der Waals surface area contributed by atoms with Crippen molar-refractivity contribution >= 4 is 39.5 Å². The maximum absolute atomic E-state index is 12.2. The SMILES string of the molecule is CC(=O)Nc1ccc(/C=C/C(=O)N(C)Cc2ccc(Br)cc2)cc1. The van der Waals surface area contributed by atoms with Crippen LogP contribution in [0.25, 0.3) is 6.08 Å². The molecule has 2 aromatic rings. The minimum absolute atomic E-state index is 0.0659. The maximum Gasteiger partial charge on any atom is 0.246 e. The molecule has 0 aliphatic carbocycles. The summed E-state index contributed by atoms with van der Waals surface area (Å²) < 4.78 is 1.02. The highest BCUT2D eigenvalue weighted by molar-refractivity contribution is 9.10. The summed E-state index contributed by atoms with van der Waals surface area (Å²) in [7, 11) is 1.77. The van der Waals surface area contributed by atoms with Gasteiger partial charge in [0.2, 0.25) is 11.8 Å².